The molecular formula is C20H22N2O4S. The number of fused-ring (bicyclic) bond motifs is 1. The van der Waals surface area contributed by atoms with Crippen LogP contribution in [0.15, 0.2) is 48.5 Å². The molecule has 2 aromatic rings. The van der Waals surface area contributed by atoms with Crippen molar-refractivity contribution >= 4 is 33.1 Å². The third kappa shape index (κ3) is 4.74. The van der Waals surface area contributed by atoms with Crippen LogP contribution in [0.1, 0.15) is 35.2 Å². The average Bonchev–Trinajstić information content (AvgIpc) is 3.06. The maximum atomic E-state index is 12.1. The summed E-state index contributed by atoms with van der Waals surface area (Å²) in [5.74, 6) is -0.129. The predicted octanol–water partition coefficient (Wildman–Crippen LogP) is 3.00. The van der Waals surface area contributed by atoms with E-state index in [4.69, 9.17) is 0 Å². The number of benzene rings is 2. The number of anilines is 2. The Labute approximate surface area is 159 Å². The van der Waals surface area contributed by atoms with E-state index in [9.17, 15) is 18.0 Å². The smallest absolute Gasteiger partial charge is 0.232 e. The van der Waals surface area contributed by atoms with Gasteiger partial charge in [0.25, 0.3) is 0 Å². The van der Waals surface area contributed by atoms with Gasteiger partial charge >= 0.3 is 0 Å². The molecule has 1 heterocycles. The van der Waals surface area contributed by atoms with Crippen LogP contribution in [0, 0.1) is 0 Å². The quantitative estimate of drug-likeness (QED) is 0.742. The lowest BCUT2D eigenvalue weighted by molar-refractivity contribution is -0.116. The number of hydrogen-bond acceptors (Lipinski definition) is 4. The number of rotatable bonds is 7. The highest BCUT2D eigenvalue weighted by atomic mass is 32.2. The van der Waals surface area contributed by atoms with E-state index in [1.807, 2.05) is 24.3 Å². The van der Waals surface area contributed by atoms with Crippen LogP contribution < -0.4 is 9.62 Å². The third-order valence-corrected chi connectivity index (χ3v) is 5.70. The minimum atomic E-state index is -3.28. The van der Waals surface area contributed by atoms with Gasteiger partial charge in [0.05, 0.1) is 11.9 Å². The summed E-state index contributed by atoms with van der Waals surface area (Å²) in [5.41, 5.74) is 2.87. The van der Waals surface area contributed by atoms with Crippen LogP contribution in [-0.2, 0) is 21.2 Å². The third-order valence-electron chi connectivity index (χ3n) is 4.52. The fourth-order valence-electron chi connectivity index (χ4n) is 3.20. The first-order chi connectivity index (χ1) is 12.8. The van der Waals surface area contributed by atoms with Gasteiger partial charge in [-0.05, 0) is 36.6 Å². The van der Waals surface area contributed by atoms with Crippen molar-refractivity contribution in [3.8, 4) is 0 Å². The average molecular weight is 386 g/mol. The van der Waals surface area contributed by atoms with Gasteiger partial charge in [0.15, 0.2) is 5.78 Å². The van der Waals surface area contributed by atoms with E-state index >= 15 is 0 Å². The van der Waals surface area contributed by atoms with E-state index in [-0.39, 0.29) is 18.1 Å². The molecule has 7 heteroatoms. The molecule has 3 rings (SSSR count). The second kappa shape index (κ2) is 7.92. The zero-order valence-electron chi connectivity index (χ0n) is 15.1. The summed E-state index contributed by atoms with van der Waals surface area (Å²) >= 11 is 0. The molecule has 0 atom stereocenters. The number of amides is 1. The molecule has 0 aliphatic carbocycles. The van der Waals surface area contributed by atoms with Crippen molar-refractivity contribution in [2.75, 3.05) is 22.4 Å². The maximum absolute atomic E-state index is 12.1. The van der Waals surface area contributed by atoms with Crippen LogP contribution in [-0.4, -0.2) is 32.9 Å². The first-order valence-electron chi connectivity index (χ1n) is 8.83. The highest BCUT2D eigenvalue weighted by Gasteiger charge is 2.26. The number of hydrogen-bond donors (Lipinski definition) is 1. The lowest BCUT2D eigenvalue weighted by atomic mass is 10.1. The molecule has 27 heavy (non-hydrogen) atoms. The van der Waals surface area contributed by atoms with E-state index in [1.54, 1.807) is 24.3 Å². The molecule has 0 bridgehead atoms. The van der Waals surface area contributed by atoms with E-state index in [0.717, 1.165) is 5.56 Å². The Bertz CT molecular complexity index is 955. The standard InChI is InChI=1S/C20H22N2O4S/c1-27(25,26)22-13-12-16-14-17(10-11-18(16)22)21-20(24)9-5-8-19(23)15-6-3-2-4-7-15/h2-4,6-7,10-11,14H,5,8-9,12-13H2,1H3,(H,21,24). The Morgan fingerprint density at radius 1 is 1.07 bits per heavy atom. The summed E-state index contributed by atoms with van der Waals surface area (Å²) in [6.45, 7) is 0.424. The Hall–Kier alpha value is -2.67. The first kappa shape index (κ1) is 19.1. The van der Waals surface area contributed by atoms with Crippen molar-refractivity contribution in [2.45, 2.75) is 25.7 Å². The van der Waals surface area contributed by atoms with Gasteiger partial charge in [-0.1, -0.05) is 30.3 Å². The highest BCUT2D eigenvalue weighted by Crippen LogP contribution is 2.32. The predicted molar refractivity (Wildman–Crippen MR) is 106 cm³/mol. The summed E-state index contributed by atoms with van der Waals surface area (Å²) < 4.78 is 24.9. The normalized spacial score (nSPS) is 13.3. The van der Waals surface area contributed by atoms with Crippen molar-refractivity contribution in [3.63, 3.8) is 0 Å². The molecule has 0 aromatic heterocycles. The largest absolute Gasteiger partial charge is 0.326 e. The fourth-order valence-corrected chi connectivity index (χ4v) is 4.15. The Kier molecular flexibility index (Phi) is 5.60. The summed E-state index contributed by atoms with van der Waals surface area (Å²) in [6.07, 6.45) is 2.87. The van der Waals surface area contributed by atoms with Crippen LogP contribution in [0.3, 0.4) is 0 Å². The number of nitrogens with zero attached hydrogens (tertiary/aromatic N) is 1. The molecule has 1 amide bonds. The SMILES string of the molecule is CS(=O)(=O)N1CCc2cc(NC(=O)CCCC(=O)c3ccccc3)ccc21. The zero-order valence-corrected chi connectivity index (χ0v) is 16.0. The summed E-state index contributed by atoms with van der Waals surface area (Å²) in [6, 6.07) is 14.3. The monoisotopic (exact) mass is 386 g/mol. The summed E-state index contributed by atoms with van der Waals surface area (Å²) in [7, 11) is -3.28. The van der Waals surface area contributed by atoms with Crippen molar-refractivity contribution in [1.82, 2.24) is 0 Å². The van der Waals surface area contributed by atoms with Gasteiger partial charge in [-0.3, -0.25) is 13.9 Å². The van der Waals surface area contributed by atoms with Crippen molar-refractivity contribution in [2.24, 2.45) is 0 Å². The number of carbonyl (C=O) groups excluding carboxylic acids is 2. The Morgan fingerprint density at radius 3 is 2.52 bits per heavy atom. The minimum absolute atomic E-state index is 0.0294. The number of carbonyl (C=O) groups is 2. The topological polar surface area (TPSA) is 83.6 Å². The van der Waals surface area contributed by atoms with E-state index in [2.05, 4.69) is 5.32 Å². The van der Waals surface area contributed by atoms with E-state index in [0.29, 0.717) is 42.7 Å². The van der Waals surface area contributed by atoms with Gasteiger partial charge in [-0.25, -0.2) is 8.42 Å². The molecule has 1 N–H and O–H groups in total. The van der Waals surface area contributed by atoms with E-state index < -0.39 is 10.0 Å². The Morgan fingerprint density at radius 2 is 1.81 bits per heavy atom. The number of sulfonamides is 1. The zero-order chi connectivity index (χ0) is 19.4. The van der Waals surface area contributed by atoms with Crippen molar-refractivity contribution in [1.29, 1.82) is 0 Å². The van der Waals surface area contributed by atoms with Gasteiger partial charge in [-0.15, -0.1) is 0 Å². The second-order valence-electron chi connectivity index (χ2n) is 6.62. The van der Waals surface area contributed by atoms with E-state index in [1.165, 1.54) is 10.6 Å². The molecule has 0 unspecified atom stereocenters. The molecule has 1 aliphatic heterocycles. The van der Waals surface area contributed by atoms with Crippen LogP contribution in [0.2, 0.25) is 0 Å². The molecule has 142 valence electrons. The molecular weight excluding hydrogens is 364 g/mol. The lowest BCUT2D eigenvalue weighted by Crippen LogP contribution is -2.27. The van der Waals surface area contributed by atoms with Gasteiger partial charge in [-0.2, -0.15) is 0 Å². The molecule has 0 saturated heterocycles. The second-order valence-corrected chi connectivity index (χ2v) is 8.53. The molecule has 0 fully saturated rings. The molecule has 0 radical (unpaired) electrons. The molecule has 6 nitrogen and oxygen atoms in total. The molecule has 1 aliphatic rings. The van der Waals surface area contributed by atoms with Gasteiger partial charge in [0.1, 0.15) is 0 Å². The van der Waals surface area contributed by atoms with Crippen molar-refractivity contribution in [3.05, 3.63) is 59.7 Å². The van der Waals surface area contributed by atoms with Gasteiger partial charge in [0.2, 0.25) is 15.9 Å². The number of ketones is 1. The van der Waals surface area contributed by atoms with Gasteiger partial charge < -0.3 is 5.32 Å². The van der Waals surface area contributed by atoms with Crippen LogP contribution in [0.5, 0.6) is 0 Å². The van der Waals surface area contributed by atoms with Crippen LogP contribution >= 0.6 is 0 Å². The van der Waals surface area contributed by atoms with Gasteiger partial charge in [0, 0.05) is 30.6 Å². The first-order valence-corrected chi connectivity index (χ1v) is 10.7. The van der Waals surface area contributed by atoms with Crippen LogP contribution in [0.25, 0.3) is 0 Å². The summed E-state index contributed by atoms with van der Waals surface area (Å²) in [5, 5.41) is 2.82. The molecule has 2 aromatic carbocycles. The number of Topliss-reactive ketones (excluding diaryl/α,β-unsaturated/α-hetero) is 1. The molecule has 0 spiro atoms. The molecule has 0 saturated carbocycles. The summed E-state index contributed by atoms with van der Waals surface area (Å²) in [4.78, 5) is 24.2. The maximum Gasteiger partial charge on any atom is 0.232 e. The highest BCUT2D eigenvalue weighted by molar-refractivity contribution is 7.92. The van der Waals surface area contributed by atoms with Crippen LogP contribution in [0.4, 0.5) is 11.4 Å². The fraction of sp³-hybridized carbons (Fsp3) is 0.300. The van der Waals surface area contributed by atoms with Crippen molar-refractivity contribution < 1.29 is 18.0 Å². The Balaban J connectivity index is 1.52. The number of nitrogens with one attached hydrogen (secondary N) is 1. The minimum Gasteiger partial charge on any atom is -0.326 e. The lowest BCUT2D eigenvalue weighted by Gasteiger charge is -2.16.